The molecule has 0 spiro atoms. The average Bonchev–Trinajstić information content (AvgIpc) is 3.28. The molecule has 2 saturated heterocycles. The Balaban J connectivity index is 1.62. The van der Waals surface area contributed by atoms with Gasteiger partial charge in [-0.3, -0.25) is 4.72 Å². The number of likely N-dealkylation sites (tertiary alicyclic amines) is 1. The van der Waals surface area contributed by atoms with Crippen molar-refractivity contribution in [1.82, 2.24) is 14.9 Å². The van der Waals surface area contributed by atoms with Crippen molar-refractivity contribution in [2.75, 3.05) is 62.3 Å². The molecular weight excluding hydrogens is 468 g/mol. The SMILES string of the molecule is COc1cc2c(NS(C)(=O)=O)nc(N3CCC(F)(F)CC3)nc2cc1OCCCN1CCCC1. The fraction of sp³-hybridized carbons (Fsp3) is 0.636. The molecule has 2 aliphatic rings. The molecule has 2 aliphatic heterocycles. The van der Waals surface area contributed by atoms with E-state index in [9.17, 15) is 17.2 Å². The van der Waals surface area contributed by atoms with Crippen molar-refractivity contribution in [1.29, 1.82) is 0 Å². The summed E-state index contributed by atoms with van der Waals surface area (Å²) >= 11 is 0. The molecule has 12 heteroatoms. The van der Waals surface area contributed by atoms with E-state index in [1.807, 2.05) is 0 Å². The molecule has 1 aromatic heterocycles. The van der Waals surface area contributed by atoms with Crippen LogP contribution in [-0.4, -0.2) is 81.9 Å². The minimum atomic E-state index is -3.65. The van der Waals surface area contributed by atoms with E-state index in [2.05, 4.69) is 19.6 Å². The smallest absolute Gasteiger partial charge is 0.251 e. The average molecular weight is 500 g/mol. The third-order valence-electron chi connectivity index (χ3n) is 6.10. The van der Waals surface area contributed by atoms with Gasteiger partial charge in [0.25, 0.3) is 5.92 Å². The van der Waals surface area contributed by atoms with Gasteiger partial charge < -0.3 is 19.3 Å². The van der Waals surface area contributed by atoms with Crippen molar-refractivity contribution in [2.45, 2.75) is 38.0 Å². The van der Waals surface area contributed by atoms with Crippen LogP contribution in [0.4, 0.5) is 20.5 Å². The third-order valence-corrected chi connectivity index (χ3v) is 6.67. The second kappa shape index (κ2) is 10.0. The van der Waals surface area contributed by atoms with Crippen LogP contribution in [0.5, 0.6) is 11.5 Å². The topological polar surface area (TPSA) is 96.9 Å². The van der Waals surface area contributed by atoms with Gasteiger partial charge in [-0.2, -0.15) is 4.98 Å². The first-order valence-electron chi connectivity index (χ1n) is 11.5. The van der Waals surface area contributed by atoms with Gasteiger partial charge in [0.1, 0.15) is 0 Å². The molecule has 2 aromatic rings. The van der Waals surface area contributed by atoms with Crippen LogP contribution in [-0.2, 0) is 10.0 Å². The first-order chi connectivity index (χ1) is 16.1. The lowest BCUT2D eigenvalue weighted by molar-refractivity contribution is -0.0222. The lowest BCUT2D eigenvalue weighted by Crippen LogP contribution is -2.40. The number of nitrogens with zero attached hydrogens (tertiary/aromatic N) is 4. The van der Waals surface area contributed by atoms with Gasteiger partial charge in [-0.25, -0.2) is 22.2 Å². The van der Waals surface area contributed by atoms with Crippen LogP contribution in [0.2, 0.25) is 0 Å². The molecule has 0 atom stereocenters. The maximum atomic E-state index is 13.6. The Morgan fingerprint density at radius 3 is 2.44 bits per heavy atom. The number of benzene rings is 1. The van der Waals surface area contributed by atoms with Crippen LogP contribution in [0, 0.1) is 0 Å². The monoisotopic (exact) mass is 499 g/mol. The van der Waals surface area contributed by atoms with Gasteiger partial charge in [0.2, 0.25) is 16.0 Å². The maximum absolute atomic E-state index is 13.6. The fourth-order valence-electron chi connectivity index (χ4n) is 4.30. The summed E-state index contributed by atoms with van der Waals surface area (Å²) in [4.78, 5) is 13.0. The van der Waals surface area contributed by atoms with E-state index in [0.29, 0.717) is 29.0 Å². The number of hydrogen-bond acceptors (Lipinski definition) is 8. The van der Waals surface area contributed by atoms with E-state index < -0.39 is 15.9 Å². The number of aromatic nitrogens is 2. The molecule has 1 N–H and O–H groups in total. The third kappa shape index (κ3) is 6.15. The first-order valence-corrected chi connectivity index (χ1v) is 13.4. The van der Waals surface area contributed by atoms with Gasteiger partial charge in [-0.05, 0) is 38.4 Å². The van der Waals surface area contributed by atoms with Crippen molar-refractivity contribution in [3.05, 3.63) is 12.1 Å². The molecule has 3 heterocycles. The zero-order valence-corrected chi connectivity index (χ0v) is 20.3. The molecule has 0 bridgehead atoms. The van der Waals surface area contributed by atoms with Gasteiger partial charge >= 0.3 is 0 Å². The number of ether oxygens (including phenoxy) is 2. The summed E-state index contributed by atoms with van der Waals surface area (Å²) in [7, 11) is -2.14. The molecule has 34 heavy (non-hydrogen) atoms. The number of hydrogen-bond donors (Lipinski definition) is 1. The lowest BCUT2D eigenvalue weighted by Gasteiger charge is -2.32. The summed E-state index contributed by atoms with van der Waals surface area (Å²) in [6.07, 6.45) is 3.74. The molecule has 0 radical (unpaired) electrons. The Labute approximate surface area is 198 Å². The Hall–Kier alpha value is -2.47. The zero-order valence-electron chi connectivity index (χ0n) is 19.5. The van der Waals surface area contributed by atoms with Crippen molar-refractivity contribution in [3.63, 3.8) is 0 Å². The lowest BCUT2D eigenvalue weighted by atomic mass is 10.1. The number of piperidine rings is 1. The van der Waals surface area contributed by atoms with Crippen LogP contribution < -0.4 is 19.1 Å². The van der Waals surface area contributed by atoms with Gasteiger partial charge in [0, 0.05) is 43.9 Å². The largest absolute Gasteiger partial charge is 0.493 e. The minimum absolute atomic E-state index is 0.0683. The molecule has 188 valence electrons. The number of halogens is 2. The molecule has 0 aliphatic carbocycles. The molecule has 0 saturated carbocycles. The number of alkyl halides is 2. The van der Waals surface area contributed by atoms with Crippen LogP contribution in [0.1, 0.15) is 32.1 Å². The number of fused-ring (bicyclic) bond motifs is 1. The summed E-state index contributed by atoms with van der Waals surface area (Å²) in [5.74, 6) is -1.54. The predicted molar refractivity (Wildman–Crippen MR) is 127 cm³/mol. The highest BCUT2D eigenvalue weighted by Gasteiger charge is 2.35. The van der Waals surface area contributed by atoms with Gasteiger partial charge in [-0.15, -0.1) is 0 Å². The Bertz CT molecular complexity index is 1120. The number of methoxy groups -OCH3 is 1. The van der Waals surface area contributed by atoms with E-state index in [0.717, 1.165) is 32.3 Å². The van der Waals surface area contributed by atoms with E-state index >= 15 is 0 Å². The Morgan fingerprint density at radius 1 is 1.09 bits per heavy atom. The summed E-state index contributed by atoms with van der Waals surface area (Å²) < 4.78 is 65.1. The van der Waals surface area contributed by atoms with Crippen LogP contribution in [0.15, 0.2) is 12.1 Å². The van der Waals surface area contributed by atoms with E-state index in [1.165, 1.54) is 20.0 Å². The van der Waals surface area contributed by atoms with Crippen molar-refractivity contribution in [2.24, 2.45) is 0 Å². The second-order valence-corrected chi connectivity index (χ2v) is 10.6. The van der Waals surface area contributed by atoms with Crippen molar-refractivity contribution >= 4 is 32.7 Å². The highest BCUT2D eigenvalue weighted by molar-refractivity contribution is 7.92. The number of rotatable bonds is 9. The van der Waals surface area contributed by atoms with E-state index in [1.54, 1.807) is 17.0 Å². The summed E-state index contributed by atoms with van der Waals surface area (Å²) in [5, 5.41) is 0.429. The standard InChI is InChI=1S/C22H31F2N5O4S/c1-32-18-14-16-17(15-19(18)33-13-5-10-28-8-3-4-9-28)25-21(26-20(16)27-34(2,30)31)29-11-6-22(23,24)7-12-29/h14-15H,3-13H2,1-2H3,(H,25,26,27). The van der Waals surface area contributed by atoms with Crippen molar-refractivity contribution < 1.29 is 26.7 Å². The first kappa shape index (κ1) is 24.6. The number of nitrogens with one attached hydrogen (secondary N) is 1. The van der Waals surface area contributed by atoms with Gasteiger partial charge in [0.05, 0.1) is 25.5 Å². The summed E-state index contributed by atoms with van der Waals surface area (Å²) in [6.45, 7) is 3.85. The predicted octanol–water partition coefficient (Wildman–Crippen LogP) is 3.11. The Morgan fingerprint density at radius 2 is 1.79 bits per heavy atom. The van der Waals surface area contributed by atoms with Gasteiger partial charge in [0.15, 0.2) is 17.3 Å². The molecule has 2 fully saturated rings. The van der Waals surface area contributed by atoms with E-state index in [-0.39, 0.29) is 37.7 Å². The van der Waals surface area contributed by atoms with Crippen molar-refractivity contribution in [3.8, 4) is 11.5 Å². The molecule has 1 aromatic carbocycles. The van der Waals surface area contributed by atoms with E-state index in [4.69, 9.17) is 9.47 Å². The molecule has 0 unspecified atom stereocenters. The fourth-order valence-corrected chi connectivity index (χ4v) is 4.81. The highest BCUT2D eigenvalue weighted by atomic mass is 32.2. The number of sulfonamides is 1. The quantitative estimate of drug-likeness (QED) is 0.526. The van der Waals surface area contributed by atoms with Crippen LogP contribution >= 0.6 is 0 Å². The second-order valence-electron chi connectivity index (χ2n) is 8.86. The normalized spacial score (nSPS) is 18.9. The Kier molecular flexibility index (Phi) is 7.27. The van der Waals surface area contributed by atoms with Crippen LogP contribution in [0.25, 0.3) is 10.9 Å². The van der Waals surface area contributed by atoms with Gasteiger partial charge in [-0.1, -0.05) is 0 Å². The molecular formula is C22H31F2N5O4S. The number of anilines is 2. The minimum Gasteiger partial charge on any atom is -0.493 e. The molecule has 4 rings (SSSR count). The maximum Gasteiger partial charge on any atom is 0.251 e. The van der Waals surface area contributed by atoms with Crippen LogP contribution in [0.3, 0.4) is 0 Å². The highest BCUT2D eigenvalue weighted by Crippen LogP contribution is 2.36. The molecule has 0 amide bonds. The summed E-state index contributed by atoms with van der Waals surface area (Å²) in [6, 6.07) is 3.31. The zero-order chi connectivity index (χ0) is 24.3. The summed E-state index contributed by atoms with van der Waals surface area (Å²) in [5.41, 5.74) is 0.434. The molecule has 9 nitrogen and oxygen atoms in total.